The Morgan fingerprint density at radius 1 is 1.40 bits per heavy atom. The Morgan fingerprint density at radius 3 is 2.90 bits per heavy atom. The zero-order valence-electron chi connectivity index (χ0n) is 11.3. The molecule has 2 aromatic heterocycles. The minimum atomic E-state index is -0.936. The number of carboxylic acids is 1. The van der Waals surface area contributed by atoms with Gasteiger partial charge in [0.25, 0.3) is 0 Å². The summed E-state index contributed by atoms with van der Waals surface area (Å²) in [5.74, 6) is -0.355. The van der Waals surface area contributed by atoms with Crippen LogP contribution in [0.25, 0.3) is 0 Å². The van der Waals surface area contributed by atoms with E-state index in [4.69, 9.17) is 5.11 Å². The molecular weight excluding hydrogens is 254 g/mol. The van der Waals surface area contributed by atoms with Crippen LogP contribution in [0.2, 0.25) is 0 Å². The number of hydrogen-bond acceptors (Lipinski definition) is 4. The first kappa shape index (κ1) is 14.0. The van der Waals surface area contributed by atoms with Gasteiger partial charge in [0.2, 0.25) is 0 Å². The first-order valence-corrected chi connectivity index (χ1v) is 6.56. The number of pyridine rings is 2. The molecule has 0 spiro atoms. The molecule has 0 unspecified atom stereocenters. The highest BCUT2D eigenvalue weighted by Gasteiger charge is 2.08. The SMILES string of the molecule is CCCc1cc(C(=O)O)cc(NCc2cccnc2)n1. The Bertz CT molecular complexity index is 585. The van der Waals surface area contributed by atoms with Crippen LogP contribution in [-0.4, -0.2) is 21.0 Å². The summed E-state index contributed by atoms with van der Waals surface area (Å²) in [6.45, 7) is 2.60. The van der Waals surface area contributed by atoms with Crippen molar-refractivity contribution in [3.05, 3.63) is 53.5 Å². The summed E-state index contributed by atoms with van der Waals surface area (Å²) < 4.78 is 0. The smallest absolute Gasteiger partial charge is 0.335 e. The Hall–Kier alpha value is -2.43. The fourth-order valence-electron chi connectivity index (χ4n) is 1.88. The lowest BCUT2D eigenvalue weighted by Crippen LogP contribution is -2.06. The monoisotopic (exact) mass is 271 g/mol. The highest BCUT2D eigenvalue weighted by Crippen LogP contribution is 2.13. The van der Waals surface area contributed by atoms with Gasteiger partial charge in [-0.15, -0.1) is 0 Å². The van der Waals surface area contributed by atoms with Crippen LogP contribution in [0.15, 0.2) is 36.7 Å². The van der Waals surface area contributed by atoms with Crippen molar-refractivity contribution in [2.45, 2.75) is 26.3 Å². The second-order valence-electron chi connectivity index (χ2n) is 4.50. The zero-order chi connectivity index (χ0) is 14.4. The Morgan fingerprint density at radius 2 is 2.25 bits per heavy atom. The molecule has 0 bridgehead atoms. The first-order valence-electron chi connectivity index (χ1n) is 6.56. The fraction of sp³-hybridized carbons (Fsp3) is 0.267. The summed E-state index contributed by atoms with van der Waals surface area (Å²) in [5, 5.41) is 12.3. The number of nitrogens with zero attached hydrogens (tertiary/aromatic N) is 2. The maximum Gasteiger partial charge on any atom is 0.335 e. The quantitative estimate of drug-likeness (QED) is 0.845. The maximum absolute atomic E-state index is 11.1. The Labute approximate surface area is 117 Å². The van der Waals surface area contributed by atoms with Gasteiger partial charge in [0, 0.05) is 24.6 Å². The molecule has 0 atom stereocenters. The van der Waals surface area contributed by atoms with Gasteiger partial charge in [-0.2, -0.15) is 0 Å². The van der Waals surface area contributed by atoms with Crippen LogP contribution in [0.5, 0.6) is 0 Å². The van der Waals surface area contributed by atoms with Crippen LogP contribution in [0, 0.1) is 0 Å². The summed E-state index contributed by atoms with van der Waals surface area (Å²) >= 11 is 0. The van der Waals surface area contributed by atoms with Crippen LogP contribution in [-0.2, 0) is 13.0 Å². The number of aromatic nitrogens is 2. The van der Waals surface area contributed by atoms with Crippen molar-refractivity contribution in [2.75, 3.05) is 5.32 Å². The average Bonchev–Trinajstić information content (AvgIpc) is 2.46. The van der Waals surface area contributed by atoms with Crippen LogP contribution >= 0.6 is 0 Å². The number of hydrogen-bond donors (Lipinski definition) is 2. The number of rotatable bonds is 6. The van der Waals surface area contributed by atoms with E-state index < -0.39 is 5.97 Å². The molecule has 0 aromatic carbocycles. The summed E-state index contributed by atoms with van der Waals surface area (Å²) in [4.78, 5) is 19.6. The standard InChI is InChI=1S/C15H17N3O2/c1-2-4-13-7-12(15(19)20)8-14(18-13)17-10-11-5-3-6-16-9-11/h3,5-9H,2,4,10H2,1H3,(H,17,18)(H,19,20). The van der Waals surface area contributed by atoms with E-state index >= 15 is 0 Å². The van der Waals surface area contributed by atoms with Gasteiger partial charge in [-0.25, -0.2) is 9.78 Å². The van der Waals surface area contributed by atoms with Gasteiger partial charge in [0.15, 0.2) is 0 Å². The third-order valence-corrected chi connectivity index (χ3v) is 2.83. The zero-order valence-corrected chi connectivity index (χ0v) is 11.3. The fourth-order valence-corrected chi connectivity index (χ4v) is 1.88. The van der Waals surface area contributed by atoms with Crippen molar-refractivity contribution in [1.82, 2.24) is 9.97 Å². The van der Waals surface area contributed by atoms with Crippen molar-refractivity contribution in [1.29, 1.82) is 0 Å². The number of anilines is 1. The minimum absolute atomic E-state index is 0.261. The molecule has 5 nitrogen and oxygen atoms in total. The van der Waals surface area contributed by atoms with Crippen molar-refractivity contribution in [2.24, 2.45) is 0 Å². The molecule has 2 heterocycles. The predicted octanol–water partition coefficient (Wildman–Crippen LogP) is 2.74. The third-order valence-electron chi connectivity index (χ3n) is 2.83. The van der Waals surface area contributed by atoms with Crippen LogP contribution in [0.3, 0.4) is 0 Å². The molecule has 0 saturated heterocycles. The average molecular weight is 271 g/mol. The number of carboxylic acid groups (broad SMARTS) is 1. The Balaban J connectivity index is 2.15. The number of carbonyl (C=O) groups is 1. The van der Waals surface area contributed by atoms with Crippen LogP contribution < -0.4 is 5.32 Å². The van der Waals surface area contributed by atoms with Gasteiger partial charge in [-0.05, 0) is 30.2 Å². The molecule has 2 aromatic rings. The van der Waals surface area contributed by atoms with Gasteiger partial charge in [-0.1, -0.05) is 19.4 Å². The normalized spacial score (nSPS) is 10.2. The molecule has 0 aliphatic carbocycles. The molecule has 0 aliphatic rings. The molecule has 104 valence electrons. The molecule has 0 radical (unpaired) electrons. The molecule has 2 rings (SSSR count). The maximum atomic E-state index is 11.1. The van der Waals surface area contributed by atoms with Crippen LogP contribution in [0.1, 0.15) is 35.0 Å². The van der Waals surface area contributed by atoms with Crippen molar-refractivity contribution >= 4 is 11.8 Å². The molecule has 0 fully saturated rings. The number of nitrogens with one attached hydrogen (secondary N) is 1. The van der Waals surface area contributed by atoms with Crippen molar-refractivity contribution < 1.29 is 9.90 Å². The van der Waals surface area contributed by atoms with E-state index in [9.17, 15) is 4.79 Å². The largest absolute Gasteiger partial charge is 0.478 e. The van der Waals surface area contributed by atoms with E-state index in [1.165, 1.54) is 0 Å². The van der Waals surface area contributed by atoms with E-state index in [-0.39, 0.29) is 5.56 Å². The van der Waals surface area contributed by atoms with E-state index in [1.54, 1.807) is 24.5 Å². The lowest BCUT2D eigenvalue weighted by Gasteiger charge is -2.09. The predicted molar refractivity (Wildman–Crippen MR) is 76.8 cm³/mol. The first-order chi connectivity index (χ1) is 9.69. The van der Waals surface area contributed by atoms with E-state index in [2.05, 4.69) is 15.3 Å². The van der Waals surface area contributed by atoms with Gasteiger partial charge in [0.1, 0.15) is 5.82 Å². The molecule has 0 saturated carbocycles. The number of aryl methyl sites for hydroxylation is 1. The molecule has 0 aliphatic heterocycles. The summed E-state index contributed by atoms with van der Waals surface area (Å²) in [7, 11) is 0. The van der Waals surface area contributed by atoms with E-state index in [0.29, 0.717) is 12.4 Å². The highest BCUT2D eigenvalue weighted by atomic mass is 16.4. The van der Waals surface area contributed by atoms with E-state index in [1.807, 2.05) is 19.1 Å². The molecule has 0 amide bonds. The van der Waals surface area contributed by atoms with Crippen molar-refractivity contribution in [3.63, 3.8) is 0 Å². The lowest BCUT2D eigenvalue weighted by atomic mass is 10.1. The molecule has 5 heteroatoms. The number of aromatic carboxylic acids is 1. The second-order valence-corrected chi connectivity index (χ2v) is 4.50. The summed E-state index contributed by atoms with van der Waals surface area (Å²) in [6.07, 6.45) is 5.17. The third kappa shape index (κ3) is 3.78. The summed E-state index contributed by atoms with van der Waals surface area (Å²) in [6, 6.07) is 6.99. The molecule has 2 N–H and O–H groups in total. The van der Waals surface area contributed by atoms with Crippen molar-refractivity contribution in [3.8, 4) is 0 Å². The van der Waals surface area contributed by atoms with Gasteiger partial charge in [-0.3, -0.25) is 4.98 Å². The summed E-state index contributed by atoms with van der Waals surface area (Å²) in [5.41, 5.74) is 2.07. The van der Waals surface area contributed by atoms with E-state index in [0.717, 1.165) is 24.1 Å². The minimum Gasteiger partial charge on any atom is -0.478 e. The highest BCUT2D eigenvalue weighted by molar-refractivity contribution is 5.88. The van der Waals surface area contributed by atoms with Gasteiger partial charge >= 0.3 is 5.97 Å². The lowest BCUT2D eigenvalue weighted by molar-refractivity contribution is 0.0696. The van der Waals surface area contributed by atoms with Gasteiger partial charge in [0.05, 0.1) is 5.56 Å². The van der Waals surface area contributed by atoms with Gasteiger partial charge < -0.3 is 10.4 Å². The molecular formula is C15H17N3O2. The topological polar surface area (TPSA) is 75.1 Å². The van der Waals surface area contributed by atoms with Crippen LogP contribution in [0.4, 0.5) is 5.82 Å². The second kappa shape index (κ2) is 6.65. The Kier molecular flexibility index (Phi) is 4.65. The molecule has 20 heavy (non-hydrogen) atoms.